The minimum absolute atomic E-state index is 0.0163. The molecule has 1 aromatic heterocycles. The molecule has 0 radical (unpaired) electrons. The third-order valence-electron chi connectivity index (χ3n) is 2.61. The average molecular weight is 246 g/mol. The number of amides is 1. The molecular formula is C14H18N2O2. The van der Waals surface area contributed by atoms with Crippen molar-refractivity contribution in [2.45, 2.75) is 26.3 Å². The van der Waals surface area contributed by atoms with Gasteiger partial charge in [0.1, 0.15) is 0 Å². The van der Waals surface area contributed by atoms with Crippen molar-refractivity contribution in [3.63, 3.8) is 0 Å². The summed E-state index contributed by atoms with van der Waals surface area (Å²) in [6.07, 6.45) is 3.55. The molecule has 18 heavy (non-hydrogen) atoms. The third kappa shape index (κ3) is 3.57. The van der Waals surface area contributed by atoms with E-state index in [1.165, 1.54) is 0 Å². The van der Waals surface area contributed by atoms with Crippen molar-refractivity contribution in [3.8, 4) is 11.8 Å². The summed E-state index contributed by atoms with van der Waals surface area (Å²) in [6.45, 7) is 3.93. The Morgan fingerprint density at radius 2 is 2.28 bits per heavy atom. The van der Waals surface area contributed by atoms with E-state index < -0.39 is 0 Å². The fraction of sp³-hybridized carbons (Fsp3) is 0.429. The lowest BCUT2D eigenvalue weighted by molar-refractivity contribution is 0.0754. The molecule has 0 bridgehead atoms. The summed E-state index contributed by atoms with van der Waals surface area (Å²) < 4.78 is 0. The summed E-state index contributed by atoms with van der Waals surface area (Å²) in [5.74, 6) is 5.60. The van der Waals surface area contributed by atoms with Crippen LogP contribution >= 0.6 is 0 Å². The number of aliphatic hydroxyl groups excluding tert-OH is 1. The van der Waals surface area contributed by atoms with Gasteiger partial charge in [0.05, 0.1) is 17.7 Å². The number of pyridine rings is 1. The van der Waals surface area contributed by atoms with E-state index in [1.54, 1.807) is 30.4 Å². The number of rotatable bonds is 3. The fourth-order valence-corrected chi connectivity index (χ4v) is 1.32. The number of nitrogens with zero attached hydrogens (tertiary/aromatic N) is 2. The molecule has 1 heterocycles. The van der Waals surface area contributed by atoms with E-state index >= 15 is 0 Å². The predicted octanol–water partition coefficient (Wildman–Crippen LogP) is 1.30. The van der Waals surface area contributed by atoms with E-state index in [9.17, 15) is 4.79 Å². The molecule has 1 aromatic rings. The average Bonchev–Trinajstić information content (AvgIpc) is 2.38. The summed E-state index contributed by atoms with van der Waals surface area (Å²) in [4.78, 5) is 17.9. The van der Waals surface area contributed by atoms with Crippen molar-refractivity contribution < 1.29 is 9.90 Å². The lowest BCUT2D eigenvalue weighted by Gasteiger charge is -2.21. The van der Waals surface area contributed by atoms with Crippen LogP contribution in [0.25, 0.3) is 0 Å². The van der Waals surface area contributed by atoms with E-state index in [0.717, 1.165) is 0 Å². The molecule has 1 amide bonds. The highest BCUT2D eigenvalue weighted by molar-refractivity contribution is 5.96. The van der Waals surface area contributed by atoms with E-state index in [2.05, 4.69) is 16.8 Å². The Hall–Kier alpha value is -1.86. The topological polar surface area (TPSA) is 53.4 Å². The molecular weight excluding hydrogens is 228 g/mol. The molecule has 0 atom stereocenters. The van der Waals surface area contributed by atoms with Crippen molar-refractivity contribution in [3.05, 3.63) is 29.6 Å². The molecule has 4 nitrogen and oxygen atoms in total. The van der Waals surface area contributed by atoms with Gasteiger partial charge in [0.15, 0.2) is 0 Å². The number of hydrogen-bond acceptors (Lipinski definition) is 3. The quantitative estimate of drug-likeness (QED) is 0.818. The molecule has 0 aliphatic heterocycles. The van der Waals surface area contributed by atoms with Gasteiger partial charge in [-0.25, -0.2) is 0 Å². The van der Waals surface area contributed by atoms with Crippen LogP contribution in [0.5, 0.6) is 0 Å². The molecule has 0 saturated carbocycles. The van der Waals surface area contributed by atoms with Gasteiger partial charge in [-0.15, -0.1) is 0 Å². The lowest BCUT2D eigenvalue weighted by atomic mass is 10.1. The summed E-state index contributed by atoms with van der Waals surface area (Å²) in [7, 11) is 1.76. The van der Waals surface area contributed by atoms with Crippen LogP contribution in [0.2, 0.25) is 0 Å². The molecule has 0 aromatic carbocycles. The fourth-order valence-electron chi connectivity index (χ4n) is 1.32. The van der Waals surface area contributed by atoms with E-state index in [-0.39, 0.29) is 18.6 Å². The highest BCUT2D eigenvalue weighted by atomic mass is 16.2. The lowest BCUT2D eigenvalue weighted by Crippen LogP contribution is -2.33. The van der Waals surface area contributed by atoms with Crippen LogP contribution in [-0.4, -0.2) is 40.6 Å². The maximum atomic E-state index is 12.2. The first-order chi connectivity index (χ1) is 8.57. The Bertz CT molecular complexity index is 472. The molecule has 0 aliphatic carbocycles. The molecule has 0 saturated heterocycles. The third-order valence-corrected chi connectivity index (χ3v) is 2.61. The first-order valence-corrected chi connectivity index (χ1v) is 5.88. The second-order valence-corrected chi connectivity index (χ2v) is 4.21. The molecule has 0 aliphatic rings. The zero-order valence-corrected chi connectivity index (χ0v) is 11.0. The minimum atomic E-state index is -0.0688. The number of carbonyl (C=O) groups excluding carboxylic acids is 1. The minimum Gasteiger partial charge on any atom is -0.395 e. The number of aromatic nitrogens is 1. The predicted molar refractivity (Wildman–Crippen MR) is 70.0 cm³/mol. The van der Waals surface area contributed by atoms with Crippen LogP contribution in [0, 0.1) is 11.8 Å². The van der Waals surface area contributed by atoms with Gasteiger partial charge in [-0.1, -0.05) is 11.8 Å². The zero-order valence-electron chi connectivity index (χ0n) is 11.0. The van der Waals surface area contributed by atoms with Crippen molar-refractivity contribution in [1.29, 1.82) is 0 Å². The largest absolute Gasteiger partial charge is 0.395 e. The van der Waals surface area contributed by atoms with Gasteiger partial charge in [0.2, 0.25) is 0 Å². The maximum Gasteiger partial charge on any atom is 0.255 e. The van der Waals surface area contributed by atoms with Crippen molar-refractivity contribution in [2.75, 3.05) is 13.7 Å². The van der Waals surface area contributed by atoms with Crippen LogP contribution in [-0.2, 0) is 0 Å². The summed E-state index contributed by atoms with van der Waals surface area (Å²) in [5, 5.41) is 8.69. The van der Waals surface area contributed by atoms with E-state index in [1.807, 2.05) is 13.8 Å². The molecule has 1 rings (SSSR count). The van der Waals surface area contributed by atoms with Gasteiger partial charge in [0, 0.05) is 31.9 Å². The molecule has 0 spiro atoms. The second-order valence-electron chi connectivity index (χ2n) is 4.21. The van der Waals surface area contributed by atoms with Gasteiger partial charge >= 0.3 is 0 Å². The first kappa shape index (κ1) is 14.2. The van der Waals surface area contributed by atoms with Gasteiger partial charge in [-0.05, 0) is 19.9 Å². The van der Waals surface area contributed by atoms with Crippen LogP contribution < -0.4 is 0 Å². The smallest absolute Gasteiger partial charge is 0.255 e. The van der Waals surface area contributed by atoms with Crippen LogP contribution in [0.15, 0.2) is 18.5 Å². The SMILES string of the molecule is CC(C)N(C)C(=O)c1ccncc1C#CCCO. The van der Waals surface area contributed by atoms with Gasteiger partial charge in [-0.3, -0.25) is 9.78 Å². The number of carbonyl (C=O) groups is 1. The highest BCUT2D eigenvalue weighted by Gasteiger charge is 2.16. The van der Waals surface area contributed by atoms with Gasteiger partial charge < -0.3 is 10.0 Å². The van der Waals surface area contributed by atoms with E-state index in [0.29, 0.717) is 17.5 Å². The molecule has 0 fully saturated rings. The Balaban J connectivity index is 3.03. The standard InChI is InChI=1S/C14H18N2O2/c1-11(2)16(3)14(18)13-7-8-15-10-12(13)6-4-5-9-17/h7-8,10-11,17H,5,9H2,1-3H3. The van der Waals surface area contributed by atoms with Gasteiger partial charge in [0.25, 0.3) is 5.91 Å². The van der Waals surface area contributed by atoms with Crippen molar-refractivity contribution in [1.82, 2.24) is 9.88 Å². The monoisotopic (exact) mass is 246 g/mol. The Morgan fingerprint density at radius 3 is 2.89 bits per heavy atom. The van der Waals surface area contributed by atoms with Gasteiger partial charge in [-0.2, -0.15) is 0 Å². The van der Waals surface area contributed by atoms with Crippen molar-refractivity contribution >= 4 is 5.91 Å². The highest BCUT2D eigenvalue weighted by Crippen LogP contribution is 2.10. The second kappa shape index (κ2) is 6.77. The zero-order chi connectivity index (χ0) is 13.5. The number of hydrogen-bond donors (Lipinski definition) is 1. The Kier molecular flexibility index (Phi) is 5.34. The van der Waals surface area contributed by atoms with E-state index in [4.69, 9.17) is 5.11 Å². The van der Waals surface area contributed by atoms with Crippen molar-refractivity contribution in [2.24, 2.45) is 0 Å². The van der Waals surface area contributed by atoms with Crippen LogP contribution in [0.3, 0.4) is 0 Å². The number of aliphatic hydroxyl groups is 1. The Labute approximate surface area is 108 Å². The molecule has 96 valence electrons. The summed E-state index contributed by atoms with van der Waals surface area (Å²) in [6, 6.07) is 1.80. The van der Waals surface area contributed by atoms with Crippen LogP contribution in [0.4, 0.5) is 0 Å². The molecule has 4 heteroatoms. The summed E-state index contributed by atoms with van der Waals surface area (Å²) >= 11 is 0. The molecule has 0 unspecified atom stereocenters. The molecule has 1 N–H and O–H groups in total. The Morgan fingerprint density at radius 1 is 1.56 bits per heavy atom. The van der Waals surface area contributed by atoms with Crippen LogP contribution in [0.1, 0.15) is 36.2 Å². The normalized spacial score (nSPS) is 9.83. The maximum absolute atomic E-state index is 12.2. The first-order valence-electron chi connectivity index (χ1n) is 5.88. The summed E-state index contributed by atoms with van der Waals surface area (Å²) in [5.41, 5.74) is 1.15.